The first-order valence-corrected chi connectivity index (χ1v) is 7.84. The fraction of sp³-hybridized carbons (Fsp3) is 1.00. The highest BCUT2D eigenvalue weighted by Crippen LogP contribution is 2.46. The molecule has 0 rings (SSSR count). The van der Waals surface area contributed by atoms with Crippen molar-refractivity contribution in [1.82, 2.24) is 0 Å². The molecule has 0 aromatic heterocycles. The summed E-state index contributed by atoms with van der Waals surface area (Å²) in [6, 6.07) is 0. The van der Waals surface area contributed by atoms with Gasteiger partial charge in [-0.05, 0) is 0 Å². The van der Waals surface area contributed by atoms with Gasteiger partial charge in [0.25, 0.3) is 0 Å². The van der Waals surface area contributed by atoms with Gasteiger partial charge in [0.05, 0.1) is 45.3 Å². The number of ether oxygens (including phenoxy) is 3. The van der Waals surface area contributed by atoms with E-state index in [0.29, 0.717) is 26.4 Å². The topological polar surface area (TPSA) is 94.5 Å². The van der Waals surface area contributed by atoms with Crippen LogP contribution >= 0.6 is 7.60 Å². The second-order valence-corrected chi connectivity index (χ2v) is 6.71. The van der Waals surface area contributed by atoms with Crippen LogP contribution in [-0.4, -0.2) is 68.5 Å². The van der Waals surface area contributed by atoms with Crippen LogP contribution < -0.4 is 0 Å². The number of aliphatic hydroxyl groups excluding tert-OH is 1. The molecule has 0 aliphatic heterocycles. The molecule has 2 unspecified atom stereocenters. The molecule has 0 aliphatic carbocycles. The Morgan fingerprint density at radius 2 is 1.63 bits per heavy atom. The van der Waals surface area contributed by atoms with Crippen molar-refractivity contribution in [3.63, 3.8) is 0 Å². The lowest BCUT2D eigenvalue weighted by molar-refractivity contribution is -0.0181. The first-order chi connectivity index (χ1) is 8.90. The Bertz CT molecular complexity index is 259. The minimum atomic E-state index is -3.63. The summed E-state index contributed by atoms with van der Waals surface area (Å²) >= 11 is 0. The fourth-order valence-corrected chi connectivity index (χ4v) is 1.66. The molecule has 0 saturated heterocycles. The van der Waals surface area contributed by atoms with E-state index in [4.69, 9.17) is 18.7 Å². The van der Waals surface area contributed by atoms with Crippen molar-refractivity contribution in [2.75, 3.05) is 46.8 Å². The fourth-order valence-electron chi connectivity index (χ4n) is 0.972. The van der Waals surface area contributed by atoms with Crippen molar-refractivity contribution in [2.24, 2.45) is 0 Å². The van der Waals surface area contributed by atoms with Gasteiger partial charge in [0.1, 0.15) is 6.10 Å². The van der Waals surface area contributed by atoms with E-state index in [1.54, 1.807) is 21.0 Å². The van der Waals surface area contributed by atoms with Gasteiger partial charge in [-0.1, -0.05) is 13.8 Å². The number of hydrogen-bond acceptors (Lipinski definition) is 6. The summed E-state index contributed by atoms with van der Waals surface area (Å²) in [5, 5.41) is 9.49. The van der Waals surface area contributed by atoms with Crippen molar-refractivity contribution in [1.29, 1.82) is 0 Å². The van der Waals surface area contributed by atoms with Gasteiger partial charge in [0.2, 0.25) is 0 Å². The standard InChI is InChI=1S/C11H25O7P/c1-10(2)19(13,14)18-9-11(12)8-17-7-6-16-5-4-15-3/h10-12H,4-9H2,1-3H3,(H,13,14). The molecule has 0 heterocycles. The highest BCUT2D eigenvalue weighted by Gasteiger charge is 2.25. The molecule has 7 nitrogen and oxygen atoms in total. The van der Waals surface area contributed by atoms with E-state index in [9.17, 15) is 14.6 Å². The SMILES string of the molecule is COCCOCCOCC(O)COP(=O)(O)C(C)C. The average Bonchev–Trinajstić information content (AvgIpc) is 2.35. The average molecular weight is 300 g/mol. The van der Waals surface area contributed by atoms with Crippen molar-refractivity contribution < 1.29 is 33.3 Å². The second-order valence-electron chi connectivity index (χ2n) is 4.29. The van der Waals surface area contributed by atoms with Gasteiger partial charge in [-0.3, -0.25) is 4.57 Å². The molecule has 116 valence electrons. The minimum absolute atomic E-state index is 0.0335. The summed E-state index contributed by atoms with van der Waals surface area (Å²) in [6.45, 7) is 4.73. The lowest BCUT2D eigenvalue weighted by Crippen LogP contribution is -2.23. The van der Waals surface area contributed by atoms with Gasteiger partial charge >= 0.3 is 7.60 Å². The largest absolute Gasteiger partial charge is 0.388 e. The molecule has 8 heteroatoms. The molecule has 0 fully saturated rings. The Kier molecular flexibility index (Phi) is 10.7. The summed E-state index contributed by atoms with van der Waals surface area (Å²) in [5.74, 6) is 0. The normalized spacial score (nSPS) is 16.5. The summed E-state index contributed by atoms with van der Waals surface area (Å²) in [7, 11) is -2.04. The van der Waals surface area contributed by atoms with Gasteiger partial charge in [0.15, 0.2) is 0 Å². The van der Waals surface area contributed by atoms with Crippen LogP contribution in [0.3, 0.4) is 0 Å². The van der Waals surface area contributed by atoms with Gasteiger partial charge in [-0.25, -0.2) is 0 Å². The first-order valence-electron chi connectivity index (χ1n) is 6.19. The lowest BCUT2D eigenvalue weighted by atomic mass is 10.4. The van der Waals surface area contributed by atoms with E-state index in [1.165, 1.54) is 0 Å². The van der Waals surface area contributed by atoms with Gasteiger partial charge in [-0.2, -0.15) is 0 Å². The van der Waals surface area contributed by atoms with E-state index >= 15 is 0 Å². The third-order valence-corrected chi connectivity index (χ3v) is 4.04. The maximum absolute atomic E-state index is 11.4. The highest BCUT2D eigenvalue weighted by atomic mass is 31.2. The molecule has 0 aromatic rings. The Balaban J connectivity index is 3.50. The zero-order chi connectivity index (χ0) is 14.7. The molecule has 0 aliphatic rings. The smallest absolute Gasteiger partial charge is 0.330 e. The van der Waals surface area contributed by atoms with E-state index in [1.807, 2.05) is 0 Å². The second kappa shape index (κ2) is 10.7. The van der Waals surface area contributed by atoms with E-state index in [-0.39, 0.29) is 13.2 Å². The molecule has 0 aromatic carbocycles. The zero-order valence-corrected chi connectivity index (χ0v) is 12.7. The molecule has 19 heavy (non-hydrogen) atoms. The van der Waals surface area contributed by atoms with Crippen LogP contribution in [0.15, 0.2) is 0 Å². The third-order valence-electron chi connectivity index (χ3n) is 2.22. The Labute approximate surface area is 114 Å². The van der Waals surface area contributed by atoms with Crippen LogP contribution in [0.1, 0.15) is 13.8 Å². The molecule has 0 amide bonds. The Morgan fingerprint density at radius 1 is 1.05 bits per heavy atom. The van der Waals surface area contributed by atoms with Crippen molar-refractivity contribution in [3.8, 4) is 0 Å². The summed E-state index contributed by atoms with van der Waals surface area (Å²) < 4.78 is 31.3. The minimum Gasteiger partial charge on any atom is -0.388 e. The summed E-state index contributed by atoms with van der Waals surface area (Å²) in [5.41, 5.74) is -0.491. The summed E-state index contributed by atoms with van der Waals surface area (Å²) in [6.07, 6.45) is -0.932. The van der Waals surface area contributed by atoms with Crippen LogP contribution in [-0.2, 0) is 23.3 Å². The number of aliphatic hydroxyl groups is 1. The third kappa shape index (κ3) is 10.4. The lowest BCUT2D eigenvalue weighted by Gasteiger charge is -2.18. The molecule has 0 spiro atoms. The number of methoxy groups -OCH3 is 1. The van der Waals surface area contributed by atoms with E-state index in [0.717, 1.165) is 0 Å². The summed E-state index contributed by atoms with van der Waals surface area (Å²) in [4.78, 5) is 9.38. The molecule has 0 bridgehead atoms. The first kappa shape index (κ1) is 19.0. The van der Waals surface area contributed by atoms with E-state index < -0.39 is 19.4 Å². The Morgan fingerprint density at radius 3 is 2.21 bits per heavy atom. The number of rotatable bonds is 12. The maximum atomic E-state index is 11.4. The predicted molar refractivity (Wildman–Crippen MR) is 70.4 cm³/mol. The molecule has 0 saturated carbocycles. The van der Waals surface area contributed by atoms with Crippen molar-refractivity contribution in [3.05, 3.63) is 0 Å². The zero-order valence-electron chi connectivity index (χ0n) is 11.8. The predicted octanol–water partition coefficient (Wildman–Crippen LogP) is 0.637. The van der Waals surface area contributed by atoms with Crippen LogP contribution in [0.25, 0.3) is 0 Å². The Hall–Kier alpha value is -0.0100. The van der Waals surface area contributed by atoms with Crippen LogP contribution in [0.4, 0.5) is 0 Å². The van der Waals surface area contributed by atoms with Crippen LogP contribution in [0.5, 0.6) is 0 Å². The number of hydrogen-bond donors (Lipinski definition) is 2. The van der Waals surface area contributed by atoms with Gasteiger partial charge in [0, 0.05) is 7.11 Å². The molecular formula is C11H25O7P. The van der Waals surface area contributed by atoms with E-state index in [2.05, 4.69) is 0 Å². The van der Waals surface area contributed by atoms with Crippen LogP contribution in [0.2, 0.25) is 0 Å². The monoisotopic (exact) mass is 300 g/mol. The molecule has 0 radical (unpaired) electrons. The maximum Gasteiger partial charge on any atom is 0.330 e. The van der Waals surface area contributed by atoms with Crippen molar-refractivity contribution in [2.45, 2.75) is 25.6 Å². The molecule has 2 N–H and O–H groups in total. The quantitative estimate of drug-likeness (QED) is 0.403. The molecule has 2 atom stereocenters. The van der Waals surface area contributed by atoms with Crippen molar-refractivity contribution >= 4 is 7.60 Å². The molecular weight excluding hydrogens is 275 g/mol. The highest BCUT2D eigenvalue weighted by molar-refractivity contribution is 7.53. The van der Waals surface area contributed by atoms with Gasteiger partial charge < -0.3 is 28.7 Å². The van der Waals surface area contributed by atoms with Gasteiger partial charge in [-0.15, -0.1) is 0 Å². The van der Waals surface area contributed by atoms with Crippen LogP contribution in [0, 0.1) is 0 Å².